The lowest BCUT2D eigenvalue weighted by Gasteiger charge is -2.11. The van der Waals surface area contributed by atoms with Gasteiger partial charge in [0.05, 0.1) is 22.2 Å². The Morgan fingerprint density at radius 2 is 2.00 bits per heavy atom. The zero-order valence-corrected chi connectivity index (χ0v) is 13.1. The Morgan fingerprint density at radius 3 is 2.62 bits per heavy atom. The summed E-state index contributed by atoms with van der Waals surface area (Å²) in [5.41, 5.74) is 1.17. The van der Waals surface area contributed by atoms with Crippen molar-refractivity contribution in [2.75, 3.05) is 0 Å². The molecule has 7 heteroatoms. The number of rotatable bonds is 2. The Kier molecular flexibility index (Phi) is 3.20. The maximum absolute atomic E-state index is 6.45. The number of halogens is 1. The van der Waals surface area contributed by atoms with Crippen molar-refractivity contribution in [1.82, 2.24) is 25.0 Å². The average molecular weight is 306 g/mol. The van der Waals surface area contributed by atoms with E-state index >= 15 is 0 Å². The highest BCUT2D eigenvalue weighted by Crippen LogP contribution is 2.33. The summed E-state index contributed by atoms with van der Waals surface area (Å²) < 4.78 is 7.51. The highest BCUT2D eigenvalue weighted by atomic mass is 35.5. The first-order valence-electron chi connectivity index (χ1n) is 6.76. The van der Waals surface area contributed by atoms with Gasteiger partial charge in [0.2, 0.25) is 5.89 Å². The molecule has 0 saturated carbocycles. The molecule has 6 nitrogen and oxygen atoms in total. The molecule has 0 aliphatic rings. The molecule has 0 fully saturated rings. The van der Waals surface area contributed by atoms with Gasteiger partial charge in [-0.1, -0.05) is 32.4 Å². The number of nitrogens with zero attached hydrogens (tertiary/aromatic N) is 5. The fraction of sp³-hybridized carbons (Fsp3) is 0.429. The lowest BCUT2D eigenvalue weighted by Crippen LogP contribution is -2.11. The topological polar surface area (TPSA) is 69.6 Å². The third-order valence-electron chi connectivity index (χ3n) is 3.20. The molecule has 0 aliphatic carbocycles. The highest BCUT2D eigenvalue weighted by molar-refractivity contribution is 6.37. The van der Waals surface area contributed by atoms with Crippen molar-refractivity contribution in [3.8, 4) is 11.5 Å². The first-order chi connectivity index (χ1) is 9.91. The van der Waals surface area contributed by atoms with Crippen LogP contribution in [0.3, 0.4) is 0 Å². The van der Waals surface area contributed by atoms with Crippen molar-refractivity contribution in [3.63, 3.8) is 0 Å². The molecule has 3 rings (SSSR count). The van der Waals surface area contributed by atoms with Gasteiger partial charge in [0.15, 0.2) is 5.65 Å². The molecule has 0 bridgehead atoms. The summed E-state index contributed by atoms with van der Waals surface area (Å²) in [7, 11) is 0. The monoisotopic (exact) mass is 305 g/mol. The molecular weight excluding hydrogens is 290 g/mol. The van der Waals surface area contributed by atoms with Gasteiger partial charge in [0, 0.05) is 18.2 Å². The second-order valence-corrected chi connectivity index (χ2v) is 6.22. The molecular formula is C14H16ClN5O. The van der Waals surface area contributed by atoms with Gasteiger partial charge < -0.3 is 4.42 Å². The molecule has 0 N–H and O–H groups in total. The quantitative estimate of drug-likeness (QED) is 0.725. The molecule has 3 aromatic heterocycles. The number of hydrogen-bond acceptors (Lipinski definition) is 5. The summed E-state index contributed by atoms with van der Waals surface area (Å²) in [6.07, 6.45) is 3.36. The van der Waals surface area contributed by atoms with E-state index in [9.17, 15) is 0 Å². The van der Waals surface area contributed by atoms with Gasteiger partial charge in [-0.3, -0.25) is 0 Å². The van der Waals surface area contributed by atoms with E-state index in [1.807, 2.05) is 27.7 Å². The van der Waals surface area contributed by atoms with Gasteiger partial charge in [-0.2, -0.15) is 5.10 Å². The summed E-state index contributed by atoms with van der Waals surface area (Å²) in [4.78, 5) is 4.41. The minimum Gasteiger partial charge on any atom is -0.420 e. The summed E-state index contributed by atoms with van der Waals surface area (Å²) in [5, 5.41) is 13.7. The van der Waals surface area contributed by atoms with Crippen molar-refractivity contribution < 1.29 is 4.42 Å². The third kappa shape index (κ3) is 2.29. The van der Waals surface area contributed by atoms with Crippen LogP contribution in [0.25, 0.3) is 22.5 Å². The Labute approximate surface area is 127 Å². The SMILES string of the molecule is CCn1ncc2c(Cl)c(-c3nnc(C(C)(C)C)o3)cnc21. The Balaban J connectivity index is 2.13. The molecule has 0 unspecified atom stereocenters. The third-order valence-corrected chi connectivity index (χ3v) is 3.60. The normalized spacial score (nSPS) is 12.2. The van der Waals surface area contributed by atoms with Gasteiger partial charge in [-0.05, 0) is 6.92 Å². The largest absolute Gasteiger partial charge is 0.420 e. The van der Waals surface area contributed by atoms with Crippen molar-refractivity contribution in [3.05, 3.63) is 23.3 Å². The number of hydrogen-bond donors (Lipinski definition) is 0. The van der Waals surface area contributed by atoms with E-state index < -0.39 is 0 Å². The molecule has 110 valence electrons. The molecule has 0 radical (unpaired) electrons. The summed E-state index contributed by atoms with van der Waals surface area (Å²) in [6, 6.07) is 0. The van der Waals surface area contributed by atoms with E-state index in [1.54, 1.807) is 17.1 Å². The predicted octanol–water partition coefficient (Wildman–Crippen LogP) is 3.45. The van der Waals surface area contributed by atoms with Crippen LogP contribution in [0.4, 0.5) is 0 Å². The molecule has 0 aromatic carbocycles. The van der Waals surface area contributed by atoms with Crippen molar-refractivity contribution >= 4 is 22.6 Å². The fourth-order valence-corrected chi connectivity index (χ4v) is 2.28. The van der Waals surface area contributed by atoms with E-state index in [1.165, 1.54) is 0 Å². The lowest BCUT2D eigenvalue weighted by molar-refractivity contribution is 0.399. The van der Waals surface area contributed by atoms with Crippen LogP contribution in [0.1, 0.15) is 33.6 Å². The van der Waals surface area contributed by atoms with Crippen molar-refractivity contribution in [2.24, 2.45) is 0 Å². The number of pyridine rings is 1. The van der Waals surface area contributed by atoms with Crippen molar-refractivity contribution in [1.29, 1.82) is 0 Å². The standard InChI is InChI=1S/C14H16ClN5O/c1-5-20-11-8(7-17-20)10(15)9(6-16-11)12-18-19-13(21-12)14(2,3)4/h6-7H,5H2,1-4H3. The second kappa shape index (κ2) is 4.80. The van der Waals surface area contributed by atoms with E-state index in [2.05, 4.69) is 20.3 Å². The van der Waals surface area contributed by atoms with Crippen LogP contribution in [-0.4, -0.2) is 25.0 Å². The van der Waals surface area contributed by atoms with Crippen LogP contribution in [0.15, 0.2) is 16.8 Å². The lowest BCUT2D eigenvalue weighted by atomic mass is 9.97. The van der Waals surface area contributed by atoms with Gasteiger partial charge >= 0.3 is 0 Å². The van der Waals surface area contributed by atoms with E-state index in [0.717, 1.165) is 17.6 Å². The maximum atomic E-state index is 6.45. The number of aryl methyl sites for hydroxylation is 1. The minimum absolute atomic E-state index is 0.206. The second-order valence-electron chi connectivity index (χ2n) is 5.85. The Morgan fingerprint density at radius 1 is 1.24 bits per heavy atom. The highest BCUT2D eigenvalue weighted by Gasteiger charge is 2.23. The van der Waals surface area contributed by atoms with Crippen LogP contribution >= 0.6 is 11.6 Å². The first kappa shape index (κ1) is 14.0. The Hall–Kier alpha value is -1.95. The molecule has 0 spiro atoms. The first-order valence-corrected chi connectivity index (χ1v) is 7.14. The average Bonchev–Trinajstić information content (AvgIpc) is 3.04. The van der Waals surface area contributed by atoms with E-state index in [4.69, 9.17) is 16.0 Å². The van der Waals surface area contributed by atoms with Gasteiger partial charge in [-0.25, -0.2) is 9.67 Å². The summed E-state index contributed by atoms with van der Waals surface area (Å²) in [6.45, 7) is 8.78. The van der Waals surface area contributed by atoms with Crippen LogP contribution in [0.5, 0.6) is 0 Å². The molecule has 3 heterocycles. The zero-order chi connectivity index (χ0) is 15.2. The predicted molar refractivity (Wildman–Crippen MR) is 80.2 cm³/mol. The van der Waals surface area contributed by atoms with Crippen molar-refractivity contribution in [2.45, 2.75) is 39.7 Å². The van der Waals surface area contributed by atoms with E-state index in [-0.39, 0.29) is 5.41 Å². The van der Waals surface area contributed by atoms with Gasteiger partial charge in [0.1, 0.15) is 0 Å². The van der Waals surface area contributed by atoms with Crippen LogP contribution in [0, 0.1) is 0 Å². The van der Waals surface area contributed by atoms with Gasteiger partial charge in [-0.15, -0.1) is 10.2 Å². The minimum atomic E-state index is -0.206. The Bertz CT molecular complexity index is 799. The zero-order valence-electron chi connectivity index (χ0n) is 12.4. The summed E-state index contributed by atoms with van der Waals surface area (Å²) >= 11 is 6.45. The molecule has 0 aliphatic heterocycles. The molecule has 3 aromatic rings. The van der Waals surface area contributed by atoms with Gasteiger partial charge in [0.25, 0.3) is 5.89 Å². The van der Waals surface area contributed by atoms with E-state index in [0.29, 0.717) is 22.4 Å². The number of aromatic nitrogens is 5. The number of fused-ring (bicyclic) bond motifs is 1. The molecule has 0 atom stereocenters. The molecule has 0 amide bonds. The summed E-state index contributed by atoms with van der Waals surface area (Å²) in [5.74, 6) is 0.946. The smallest absolute Gasteiger partial charge is 0.250 e. The molecule has 21 heavy (non-hydrogen) atoms. The maximum Gasteiger partial charge on any atom is 0.250 e. The molecule has 0 saturated heterocycles. The van der Waals surface area contributed by atoms with Crippen LogP contribution in [-0.2, 0) is 12.0 Å². The van der Waals surface area contributed by atoms with Crippen LogP contribution < -0.4 is 0 Å². The fourth-order valence-electron chi connectivity index (χ4n) is 2.01. The van der Waals surface area contributed by atoms with Crippen LogP contribution in [0.2, 0.25) is 5.02 Å².